The first kappa shape index (κ1) is 18.3. The number of anilines is 1. The average Bonchev–Trinajstić information content (AvgIpc) is 3.09. The quantitative estimate of drug-likeness (QED) is 0.695. The van der Waals surface area contributed by atoms with Gasteiger partial charge in [-0.05, 0) is 38.1 Å². The van der Waals surface area contributed by atoms with E-state index in [9.17, 15) is 4.79 Å². The highest BCUT2D eigenvalue weighted by Gasteiger charge is 2.23. The normalized spacial score (nSPS) is 14.4. The molecule has 1 saturated heterocycles. The molecule has 2 aromatic carbocycles. The first-order chi connectivity index (χ1) is 13.6. The molecule has 5 nitrogen and oxygen atoms in total. The number of nitrogens with zero attached hydrogens (tertiary/aromatic N) is 3. The van der Waals surface area contributed by atoms with Crippen LogP contribution >= 0.6 is 0 Å². The summed E-state index contributed by atoms with van der Waals surface area (Å²) >= 11 is 0. The molecule has 0 N–H and O–H groups in total. The molecule has 3 aromatic rings. The van der Waals surface area contributed by atoms with Gasteiger partial charge in [0.1, 0.15) is 5.76 Å². The zero-order chi connectivity index (χ0) is 19.5. The maximum absolute atomic E-state index is 12.8. The van der Waals surface area contributed by atoms with Crippen LogP contribution in [-0.2, 0) is 11.2 Å². The number of piperazine rings is 1. The second kappa shape index (κ2) is 7.89. The summed E-state index contributed by atoms with van der Waals surface area (Å²) in [6.07, 6.45) is 0.284. The molecular formula is C23H25N3O2. The Kier molecular flexibility index (Phi) is 5.15. The van der Waals surface area contributed by atoms with Gasteiger partial charge in [-0.3, -0.25) is 4.79 Å². The third-order valence-electron chi connectivity index (χ3n) is 5.26. The number of hydrogen-bond acceptors (Lipinski definition) is 4. The molecule has 1 aromatic heterocycles. The van der Waals surface area contributed by atoms with Crippen molar-refractivity contribution in [2.24, 2.45) is 0 Å². The molecular weight excluding hydrogens is 350 g/mol. The lowest BCUT2D eigenvalue weighted by atomic mass is 10.1. The van der Waals surface area contributed by atoms with E-state index in [0.717, 1.165) is 37.4 Å². The number of aryl methyl sites for hydroxylation is 2. The Balaban J connectivity index is 1.38. The molecule has 1 aliphatic heterocycles. The standard InChI is InChI=1S/C23H25N3O2/c1-17-8-10-19(11-9-17)23-24-21(18(2)28-23)16-22(27)26-14-12-25(13-15-26)20-6-4-3-5-7-20/h3-11H,12-16H2,1-2H3. The second-order valence-electron chi connectivity index (χ2n) is 7.27. The number of carbonyl (C=O) groups excluding carboxylic acids is 1. The Hall–Kier alpha value is -3.08. The van der Waals surface area contributed by atoms with Crippen molar-refractivity contribution < 1.29 is 9.21 Å². The van der Waals surface area contributed by atoms with Crippen LogP contribution in [0.15, 0.2) is 59.0 Å². The fourth-order valence-electron chi connectivity index (χ4n) is 3.52. The van der Waals surface area contributed by atoms with Gasteiger partial charge < -0.3 is 14.2 Å². The van der Waals surface area contributed by atoms with Crippen LogP contribution in [0.25, 0.3) is 11.5 Å². The first-order valence-electron chi connectivity index (χ1n) is 9.71. The summed E-state index contributed by atoms with van der Waals surface area (Å²) in [5.41, 5.74) is 4.07. The third-order valence-corrected chi connectivity index (χ3v) is 5.26. The van der Waals surface area contributed by atoms with Crippen molar-refractivity contribution in [2.45, 2.75) is 20.3 Å². The van der Waals surface area contributed by atoms with E-state index < -0.39 is 0 Å². The molecule has 1 amide bonds. The van der Waals surface area contributed by atoms with E-state index >= 15 is 0 Å². The van der Waals surface area contributed by atoms with Crippen LogP contribution in [0.5, 0.6) is 0 Å². The zero-order valence-electron chi connectivity index (χ0n) is 16.4. The van der Waals surface area contributed by atoms with E-state index in [2.05, 4.69) is 22.0 Å². The van der Waals surface area contributed by atoms with Crippen molar-refractivity contribution >= 4 is 11.6 Å². The fraction of sp³-hybridized carbons (Fsp3) is 0.304. The molecule has 1 fully saturated rings. The Morgan fingerprint density at radius 3 is 2.32 bits per heavy atom. The lowest BCUT2D eigenvalue weighted by Crippen LogP contribution is -2.49. The van der Waals surface area contributed by atoms with Gasteiger partial charge in [0.2, 0.25) is 11.8 Å². The maximum Gasteiger partial charge on any atom is 0.228 e. The van der Waals surface area contributed by atoms with Gasteiger partial charge in [0, 0.05) is 37.4 Å². The lowest BCUT2D eigenvalue weighted by molar-refractivity contribution is -0.130. The minimum absolute atomic E-state index is 0.111. The van der Waals surface area contributed by atoms with Gasteiger partial charge in [-0.25, -0.2) is 4.98 Å². The molecule has 1 aliphatic rings. The molecule has 5 heteroatoms. The lowest BCUT2D eigenvalue weighted by Gasteiger charge is -2.36. The Morgan fingerprint density at radius 2 is 1.64 bits per heavy atom. The fourth-order valence-corrected chi connectivity index (χ4v) is 3.52. The molecule has 0 aliphatic carbocycles. The third kappa shape index (κ3) is 3.93. The van der Waals surface area contributed by atoms with Gasteiger partial charge in [-0.2, -0.15) is 0 Å². The van der Waals surface area contributed by atoms with E-state index in [1.54, 1.807) is 0 Å². The van der Waals surface area contributed by atoms with Crippen molar-refractivity contribution in [3.63, 3.8) is 0 Å². The van der Waals surface area contributed by atoms with E-state index in [1.165, 1.54) is 11.3 Å². The largest absolute Gasteiger partial charge is 0.441 e. The number of aromatic nitrogens is 1. The van der Waals surface area contributed by atoms with E-state index in [0.29, 0.717) is 11.7 Å². The van der Waals surface area contributed by atoms with Crippen LogP contribution in [0.1, 0.15) is 17.0 Å². The summed E-state index contributed by atoms with van der Waals surface area (Å²) in [5.74, 6) is 1.40. The van der Waals surface area contributed by atoms with Gasteiger partial charge in [-0.15, -0.1) is 0 Å². The molecule has 4 rings (SSSR count). The number of carbonyl (C=O) groups is 1. The molecule has 28 heavy (non-hydrogen) atoms. The van der Waals surface area contributed by atoms with E-state index in [1.807, 2.05) is 61.2 Å². The summed E-state index contributed by atoms with van der Waals surface area (Å²) in [5, 5.41) is 0. The summed E-state index contributed by atoms with van der Waals surface area (Å²) in [6, 6.07) is 18.4. The predicted octanol–water partition coefficient (Wildman–Crippen LogP) is 3.85. The monoisotopic (exact) mass is 375 g/mol. The molecule has 0 spiro atoms. The molecule has 144 valence electrons. The molecule has 0 saturated carbocycles. The minimum atomic E-state index is 0.111. The van der Waals surface area contributed by atoms with Gasteiger partial charge in [0.15, 0.2) is 0 Å². The van der Waals surface area contributed by atoms with E-state index in [4.69, 9.17) is 4.42 Å². The van der Waals surface area contributed by atoms with Crippen LogP contribution in [0.2, 0.25) is 0 Å². The Bertz CT molecular complexity index is 940. The van der Waals surface area contributed by atoms with Gasteiger partial charge >= 0.3 is 0 Å². The predicted molar refractivity (Wildman–Crippen MR) is 110 cm³/mol. The van der Waals surface area contributed by atoms with E-state index in [-0.39, 0.29) is 12.3 Å². The number of benzene rings is 2. The summed E-state index contributed by atoms with van der Waals surface area (Å²) in [4.78, 5) is 21.6. The van der Waals surface area contributed by atoms with Crippen LogP contribution in [-0.4, -0.2) is 42.0 Å². The number of amides is 1. The van der Waals surface area contributed by atoms with Crippen LogP contribution in [0, 0.1) is 13.8 Å². The van der Waals surface area contributed by atoms with Crippen LogP contribution in [0.4, 0.5) is 5.69 Å². The molecule has 0 unspecified atom stereocenters. The number of hydrogen-bond donors (Lipinski definition) is 0. The van der Waals surface area contributed by atoms with Gasteiger partial charge in [0.05, 0.1) is 12.1 Å². The summed E-state index contributed by atoms with van der Waals surface area (Å²) in [7, 11) is 0. The molecule has 0 radical (unpaired) electrons. The van der Waals surface area contributed by atoms with Crippen LogP contribution in [0.3, 0.4) is 0 Å². The van der Waals surface area contributed by atoms with Gasteiger partial charge in [0.25, 0.3) is 0 Å². The van der Waals surface area contributed by atoms with Crippen molar-refractivity contribution in [2.75, 3.05) is 31.1 Å². The van der Waals surface area contributed by atoms with Crippen molar-refractivity contribution in [3.05, 3.63) is 71.6 Å². The summed E-state index contributed by atoms with van der Waals surface area (Å²) in [6.45, 7) is 7.09. The SMILES string of the molecule is Cc1ccc(-c2nc(CC(=O)N3CCN(c4ccccc4)CC3)c(C)o2)cc1. The number of para-hydroxylation sites is 1. The topological polar surface area (TPSA) is 49.6 Å². The molecule has 2 heterocycles. The molecule has 0 atom stereocenters. The molecule has 0 bridgehead atoms. The average molecular weight is 375 g/mol. The summed E-state index contributed by atoms with van der Waals surface area (Å²) < 4.78 is 5.81. The minimum Gasteiger partial charge on any atom is -0.441 e. The highest BCUT2D eigenvalue weighted by Crippen LogP contribution is 2.23. The Morgan fingerprint density at radius 1 is 0.964 bits per heavy atom. The van der Waals surface area contributed by atoms with Gasteiger partial charge in [-0.1, -0.05) is 35.9 Å². The van der Waals surface area contributed by atoms with Crippen LogP contribution < -0.4 is 4.90 Å². The van der Waals surface area contributed by atoms with Crippen molar-refractivity contribution in [3.8, 4) is 11.5 Å². The zero-order valence-corrected chi connectivity index (χ0v) is 16.4. The second-order valence-corrected chi connectivity index (χ2v) is 7.27. The van der Waals surface area contributed by atoms with Crippen molar-refractivity contribution in [1.82, 2.24) is 9.88 Å². The number of rotatable bonds is 4. The van der Waals surface area contributed by atoms with Crippen molar-refractivity contribution in [1.29, 1.82) is 0 Å². The maximum atomic E-state index is 12.8. The highest BCUT2D eigenvalue weighted by atomic mass is 16.4. The Labute approximate surface area is 165 Å². The number of oxazole rings is 1. The first-order valence-corrected chi connectivity index (χ1v) is 9.71. The highest BCUT2D eigenvalue weighted by molar-refractivity contribution is 5.79. The smallest absolute Gasteiger partial charge is 0.228 e.